The summed E-state index contributed by atoms with van der Waals surface area (Å²) in [7, 11) is 1.43. The van der Waals surface area contributed by atoms with Crippen LogP contribution in [0.15, 0.2) is 0 Å². The molecule has 0 saturated heterocycles. The second kappa shape index (κ2) is 8.71. The van der Waals surface area contributed by atoms with Crippen molar-refractivity contribution in [3.05, 3.63) is 0 Å². The maximum absolute atomic E-state index is 11.4. The van der Waals surface area contributed by atoms with Crippen LogP contribution in [0.2, 0.25) is 0 Å². The molecule has 0 aromatic carbocycles. The van der Waals surface area contributed by atoms with E-state index in [0.29, 0.717) is 6.61 Å². The van der Waals surface area contributed by atoms with Crippen LogP contribution in [-0.2, 0) is 19.0 Å². The van der Waals surface area contributed by atoms with Gasteiger partial charge in [0.15, 0.2) is 6.29 Å². The van der Waals surface area contributed by atoms with Crippen molar-refractivity contribution in [3.63, 3.8) is 0 Å². The molecule has 0 aliphatic carbocycles. The van der Waals surface area contributed by atoms with Crippen molar-refractivity contribution in [2.45, 2.75) is 33.1 Å². The molecule has 0 aromatic rings. The Morgan fingerprint density at radius 1 is 1.33 bits per heavy atom. The summed E-state index contributed by atoms with van der Waals surface area (Å²) in [5, 5.41) is 11.1. The summed E-state index contributed by atoms with van der Waals surface area (Å²) in [4.78, 5) is 22.2. The van der Waals surface area contributed by atoms with Crippen molar-refractivity contribution in [1.82, 2.24) is 5.32 Å². The van der Waals surface area contributed by atoms with Crippen molar-refractivity contribution < 1.29 is 28.9 Å². The SMILES string of the molecule is CCOC(COC(=O)N[C@H](C(=O)O)C(C)C)OC. The predicted molar refractivity (Wildman–Crippen MR) is 63.2 cm³/mol. The molecule has 0 heterocycles. The molecule has 1 amide bonds. The number of ether oxygens (including phenoxy) is 3. The quantitative estimate of drug-likeness (QED) is 0.630. The fourth-order valence-corrected chi connectivity index (χ4v) is 1.20. The zero-order valence-electron chi connectivity index (χ0n) is 11.1. The third-order valence-corrected chi connectivity index (χ3v) is 2.17. The van der Waals surface area contributed by atoms with Crippen molar-refractivity contribution >= 4 is 12.1 Å². The van der Waals surface area contributed by atoms with Crippen LogP contribution in [0.25, 0.3) is 0 Å². The molecule has 7 nitrogen and oxygen atoms in total. The molecule has 0 bridgehead atoms. The lowest BCUT2D eigenvalue weighted by Gasteiger charge is -2.19. The summed E-state index contributed by atoms with van der Waals surface area (Å²) in [5.74, 6) is -1.34. The first-order valence-electron chi connectivity index (χ1n) is 5.72. The molecule has 0 saturated carbocycles. The van der Waals surface area contributed by atoms with Crippen LogP contribution in [0.4, 0.5) is 4.79 Å². The zero-order chi connectivity index (χ0) is 14.1. The van der Waals surface area contributed by atoms with Crippen LogP contribution in [-0.4, -0.2) is 49.8 Å². The third-order valence-electron chi connectivity index (χ3n) is 2.17. The fraction of sp³-hybridized carbons (Fsp3) is 0.818. The minimum atomic E-state index is -1.10. The number of hydrogen-bond acceptors (Lipinski definition) is 5. The van der Waals surface area contributed by atoms with Crippen molar-refractivity contribution in [1.29, 1.82) is 0 Å². The summed E-state index contributed by atoms with van der Waals surface area (Å²) < 4.78 is 14.8. The molecule has 0 aromatic heterocycles. The first-order chi connectivity index (χ1) is 8.42. The molecule has 2 N–H and O–H groups in total. The lowest BCUT2D eigenvalue weighted by atomic mass is 10.1. The van der Waals surface area contributed by atoms with Gasteiger partial charge in [-0.15, -0.1) is 0 Å². The first-order valence-corrected chi connectivity index (χ1v) is 5.72. The summed E-state index contributed by atoms with van der Waals surface area (Å²) in [6.45, 7) is 5.49. The zero-order valence-corrected chi connectivity index (χ0v) is 11.1. The van der Waals surface area contributed by atoms with E-state index in [1.807, 2.05) is 0 Å². The number of methoxy groups -OCH3 is 1. The fourth-order valence-electron chi connectivity index (χ4n) is 1.20. The number of carboxylic acid groups (broad SMARTS) is 1. The standard InChI is InChI=1S/C11H21NO6/c1-5-17-8(16-4)6-18-11(15)12-9(7(2)3)10(13)14/h7-9H,5-6H2,1-4H3,(H,12,15)(H,13,14)/t8?,9-/m0/s1. The van der Waals surface area contributed by atoms with Crippen LogP contribution in [0.5, 0.6) is 0 Å². The molecule has 18 heavy (non-hydrogen) atoms. The average Bonchev–Trinajstić information content (AvgIpc) is 2.30. The first kappa shape index (κ1) is 16.7. The van der Waals surface area contributed by atoms with E-state index in [9.17, 15) is 9.59 Å². The normalized spacial score (nSPS) is 14.1. The van der Waals surface area contributed by atoms with E-state index in [1.165, 1.54) is 7.11 Å². The molecule has 2 atom stereocenters. The number of carboxylic acids is 1. The number of aliphatic carboxylic acids is 1. The van der Waals surface area contributed by atoms with Gasteiger partial charge in [-0.2, -0.15) is 0 Å². The van der Waals surface area contributed by atoms with Gasteiger partial charge < -0.3 is 24.6 Å². The topological polar surface area (TPSA) is 94.1 Å². The number of nitrogens with one attached hydrogen (secondary N) is 1. The van der Waals surface area contributed by atoms with Gasteiger partial charge in [0, 0.05) is 13.7 Å². The second-order valence-corrected chi connectivity index (χ2v) is 3.92. The van der Waals surface area contributed by atoms with Crippen LogP contribution in [0, 0.1) is 5.92 Å². The van der Waals surface area contributed by atoms with Gasteiger partial charge in [0.25, 0.3) is 0 Å². The Kier molecular flexibility index (Phi) is 8.06. The smallest absolute Gasteiger partial charge is 0.408 e. The molecule has 0 aliphatic rings. The molecule has 0 rings (SSSR count). The van der Waals surface area contributed by atoms with E-state index in [4.69, 9.17) is 19.3 Å². The predicted octanol–water partition coefficient (Wildman–Crippen LogP) is 0.831. The number of rotatable bonds is 8. The highest BCUT2D eigenvalue weighted by atomic mass is 16.7. The van der Waals surface area contributed by atoms with Crippen molar-refractivity contribution in [2.75, 3.05) is 20.3 Å². The molecule has 0 fully saturated rings. The van der Waals surface area contributed by atoms with Gasteiger partial charge >= 0.3 is 12.1 Å². The lowest BCUT2D eigenvalue weighted by Crippen LogP contribution is -2.45. The number of alkyl carbamates (subject to hydrolysis) is 1. The van der Waals surface area contributed by atoms with E-state index >= 15 is 0 Å². The van der Waals surface area contributed by atoms with E-state index in [-0.39, 0.29) is 12.5 Å². The highest BCUT2D eigenvalue weighted by Gasteiger charge is 2.24. The third kappa shape index (κ3) is 6.41. The number of amides is 1. The van der Waals surface area contributed by atoms with Crippen molar-refractivity contribution in [3.8, 4) is 0 Å². The molecule has 0 aliphatic heterocycles. The van der Waals surface area contributed by atoms with Crippen LogP contribution >= 0.6 is 0 Å². The molecule has 7 heteroatoms. The average molecular weight is 263 g/mol. The Morgan fingerprint density at radius 3 is 2.33 bits per heavy atom. The van der Waals surface area contributed by atoms with E-state index in [2.05, 4.69) is 5.32 Å². The Morgan fingerprint density at radius 2 is 1.94 bits per heavy atom. The van der Waals surface area contributed by atoms with E-state index < -0.39 is 24.4 Å². The molecular formula is C11H21NO6. The van der Waals surface area contributed by atoms with Crippen LogP contribution in [0.1, 0.15) is 20.8 Å². The van der Waals surface area contributed by atoms with E-state index in [0.717, 1.165) is 0 Å². The Bertz CT molecular complexity index is 268. The van der Waals surface area contributed by atoms with Gasteiger partial charge in [-0.05, 0) is 12.8 Å². The van der Waals surface area contributed by atoms with Crippen molar-refractivity contribution in [2.24, 2.45) is 5.92 Å². The molecule has 0 radical (unpaired) electrons. The van der Waals surface area contributed by atoms with Crippen LogP contribution in [0.3, 0.4) is 0 Å². The maximum Gasteiger partial charge on any atom is 0.408 e. The Balaban J connectivity index is 4.13. The Labute approximate surface area is 106 Å². The maximum atomic E-state index is 11.4. The highest BCUT2D eigenvalue weighted by molar-refractivity contribution is 5.80. The van der Waals surface area contributed by atoms with Gasteiger partial charge in [-0.3, -0.25) is 0 Å². The summed E-state index contributed by atoms with van der Waals surface area (Å²) in [6.07, 6.45) is -1.46. The number of carbonyl (C=O) groups is 2. The van der Waals surface area contributed by atoms with Crippen LogP contribution < -0.4 is 5.32 Å². The molecule has 0 spiro atoms. The molecule has 106 valence electrons. The number of hydrogen-bond donors (Lipinski definition) is 2. The lowest BCUT2D eigenvalue weighted by molar-refractivity contribution is -0.144. The van der Waals surface area contributed by atoms with Gasteiger partial charge in [0.05, 0.1) is 0 Å². The summed E-state index contributed by atoms with van der Waals surface area (Å²) in [6, 6.07) is -0.981. The van der Waals surface area contributed by atoms with Gasteiger partial charge in [0.1, 0.15) is 12.6 Å². The van der Waals surface area contributed by atoms with E-state index in [1.54, 1.807) is 20.8 Å². The van der Waals surface area contributed by atoms with Gasteiger partial charge in [-0.1, -0.05) is 13.8 Å². The number of carbonyl (C=O) groups excluding carboxylic acids is 1. The van der Waals surface area contributed by atoms with Gasteiger partial charge in [-0.25, -0.2) is 9.59 Å². The largest absolute Gasteiger partial charge is 0.480 e. The molecule has 1 unspecified atom stereocenters. The highest BCUT2D eigenvalue weighted by Crippen LogP contribution is 2.02. The monoisotopic (exact) mass is 263 g/mol. The Hall–Kier alpha value is -1.34. The second-order valence-electron chi connectivity index (χ2n) is 3.92. The molecular weight excluding hydrogens is 242 g/mol. The minimum absolute atomic E-state index is 0.0966. The minimum Gasteiger partial charge on any atom is -0.480 e. The summed E-state index contributed by atoms with van der Waals surface area (Å²) in [5.41, 5.74) is 0. The summed E-state index contributed by atoms with van der Waals surface area (Å²) >= 11 is 0. The van der Waals surface area contributed by atoms with Gasteiger partial charge in [0.2, 0.25) is 0 Å².